The molecule has 40 heavy (non-hydrogen) atoms. The molecule has 0 radical (unpaired) electrons. The molecule has 1 atom stereocenters. The molecule has 238 valence electrons. The van der Waals surface area contributed by atoms with Crippen molar-refractivity contribution < 1.29 is 17.5 Å². The van der Waals surface area contributed by atoms with Gasteiger partial charge in [-0.3, -0.25) is 0 Å². The molecule has 1 unspecified atom stereocenters. The second kappa shape index (κ2) is 37.7. The maximum atomic E-state index is 11.5. The van der Waals surface area contributed by atoms with Crippen LogP contribution in [0.15, 0.2) is 0 Å². The summed E-state index contributed by atoms with van der Waals surface area (Å²) in [5.41, 5.74) is 0. The number of hydrogen-bond acceptors (Lipinski definition) is 2. The van der Waals surface area contributed by atoms with E-state index in [0.29, 0.717) is 13.0 Å². The molecule has 1 N–H and O–H groups in total. The average molecular weight is 595 g/mol. The fraction of sp³-hybridized carbons (Fsp3) is 0.972. The maximum absolute atomic E-state index is 11.5. The third-order valence-electron chi connectivity index (χ3n) is 8.41. The summed E-state index contributed by atoms with van der Waals surface area (Å²) in [6, 6.07) is 0. The molecular weight excluding hydrogens is 520 g/mol. The van der Waals surface area contributed by atoms with Gasteiger partial charge in [0.2, 0.25) is 0 Å². The van der Waals surface area contributed by atoms with Crippen molar-refractivity contribution in [3.63, 3.8) is 0 Å². The summed E-state index contributed by atoms with van der Waals surface area (Å²) < 4.78 is 5.74. The van der Waals surface area contributed by atoms with Crippen LogP contribution in [0.25, 0.3) is 0 Å². The summed E-state index contributed by atoms with van der Waals surface area (Å²) >= 11 is 0. The van der Waals surface area contributed by atoms with Gasteiger partial charge in [0.15, 0.2) is 6.10 Å². The predicted octanol–water partition coefficient (Wildman–Crippen LogP) is 12.4. The van der Waals surface area contributed by atoms with E-state index in [2.05, 4.69) is 13.8 Å². The molecule has 3 nitrogen and oxygen atoms in total. The molecular formula is C36H74CaO3. The Hall–Kier alpha value is 0.690. The van der Waals surface area contributed by atoms with Crippen LogP contribution in [0.2, 0.25) is 0 Å². The molecule has 0 rings (SSSR count). The van der Waals surface area contributed by atoms with Gasteiger partial charge in [0.25, 0.3) is 0 Å². The molecule has 0 aromatic rings. The number of aliphatic carboxylic acids is 1. The molecule has 0 aliphatic heterocycles. The fourth-order valence-corrected chi connectivity index (χ4v) is 5.68. The molecule has 0 aliphatic carbocycles. The van der Waals surface area contributed by atoms with Gasteiger partial charge in [-0.25, -0.2) is 4.79 Å². The minimum absolute atomic E-state index is 0. The zero-order valence-electron chi connectivity index (χ0n) is 29.7. The van der Waals surface area contributed by atoms with Crippen LogP contribution < -0.4 is 0 Å². The maximum Gasteiger partial charge on any atom is 2.00 e. The fourth-order valence-electron chi connectivity index (χ4n) is 5.68. The topological polar surface area (TPSA) is 46.5 Å². The summed E-state index contributed by atoms with van der Waals surface area (Å²) in [5.74, 6) is -0.777. The van der Waals surface area contributed by atoms with Crippen LogP contribution in [0.3, 0.4) is 0 Å². The molecule has 0 heterocycles. The van der Waals surface area contributed by atoms with Gasteiger partial charge in [-0.1, -0.05) is 200 Å². The van der Waals surface area contributed by atoms with Crippen molar-refractivity contribution in [2.24, 2.45) is 0 Å². The molecule has 0 aromatic carbocycles. The van der Waals surface area contributed by atoms with E-state index < -0.39 is 12.1 Å². The predicted molar refractivity (Wildman–Crippen MR) is 180 cm³/mol. The molecule has 4 heteroatoms. The zero-order chi connectivity index (χ0) is 28.5. The van der Waals surface area contributed by atoms with Gasteiger partial charge in [0.1, 0.15) is 0 Å². The van der Waals surface area contributed by atoms with Crippen LogP contribution in [-0.4, -0.2) is 61.5 Å². The molecule has 0 amide bonds. The summed E-state index contributed by atoms with van der Waals surface area (Å²) in [4.78, 5) is 11.5. The van der Waals surface area contributed by atoms with E-state index in [9.17, 15) is 9.90 Å². The number of carboxylic acid groups (broad SMARTS) is 1. The van der Waals surface area contributed by atoms with E-state index in [0.717, 1.165) is 19.3 Å². The summed E-state index contributed by atoms with van der Waals surface area (Å²) in [6.07, 6.45) is 40.3. The molecule has 0 bridgehead atoms. The first kappa shape index (κ1) is 42.8. The van der Waals surface area contributed by atoms with Crippen molar-refractivity contribution in [2.75, 3.05) is 6.61 Å². The van der Waals surface area contributed by atoms with E-state index in [-0.39, 0.29) is 40.6 Å². The largest absolute Gasteiger partial charge is 2.00 e. The molecule has 0 aromatic heterocycles. The quantitative estimate of drug-likeness (QED) is 0.0595. The van der Waals surface area contributed by atoms with Gasteiger partial charge in [0.05, 0.1) is 0 Å². The Kier molecular flexibility index (Phi) is 40.4. The number of rotatable bonds is 34. The van der Waals surface area contributed by atoms with Crippen LogP contribution in [-0.2, 0) is 9.53 Å². The standard InChI is InChI=1S/C36H72O3.Ca.2H/c1-3-5-7-9-11-13-15-17-19-20-22-24-26-28-30-32-34-39-35(36(37)38)33-31-29-27-25-23-21-18-16-14-12-10-8-6-4-2;;;/h35H,3-34H2,1-2H3,(H,37,38);;;/q;+2;2*-1. The van der Waals surface area contributed by atoms with Gasteiger partial charge < -0.3 is 12.7 Å². The summed E-state index contributed by atoms with van der Waals surface area (Å²) in [7, 11) is 0. The van der Waals surface area contributed by atoms with Crippen molar-refractivity contribution in [3.05, 3.63) is 0 Å². The van der Waals surface area contributed by atoms with Gasteiger partial charge >= 0.3 is 43.7 Å². The van der Waals surface area contributed by atoms with E-state index >= 15 is 0 Å². The smallest absolute Gasteiger partial charge is 1.00 e. The van der Waals surface area contributed by atoms with Gasteiger partial charge in [-0.15, -0.1) is 0 Å². The second-order valence-electron chi connectivity index (χ2n) is 12.4. The van der Waals surface area contributed by atoms with Gasteiger partial charge in [-0.2, -0.15) is 0 Å². The Bertz CT molecular complexity index is 483. The number of carboxylic acids is 1. The van der Waals surface area contributed by atoms with Crippen LogP contribution in [0, 0.1) is 0 Å². The Morgan fingerprint density at radius 2 is 0.725 bits per heavy atom. The SMILES string of the molecule is CCCCCCCCCCCCCCCCCCOC(CCCCCCCCCCCCCCCC)C(=O)O.[Ca+2].[H-].[H-]. The van der Waals surface area contributed by atoms with Crippen LogP contribution in [0.5, 0.6) is 0 Å². The number of carbonyl (C=O) groups is 1. The first-order valence-corrected chi connectivity index (χ1v) is 18.1. The minimum Gasteiger partial charge on any atom is -1.00 e. The molecule has 0 aliphatic rings. The first-order chi connectivity index (χ1) is 19.2. The van der Waals surface area contributed by atoms with Crippen molar-refractivity contribution in [3.8, 4) is 0 Å². The van der Waals surface area contributed by atoms with Crippen molar-refractivity contribution in [2.45, 2.75) is 219 Å². The molecule has 0 saturated carbocycles. The summed E-state index contributed by atoms with van der Waals surface area (Å²) in [5, 5.41) is 9.49. The Morgan fingerprint density at radius 1 is 0.475 bits per heavy atom. The zero-order valence-corrected chi connectivity index (χ0v) is 29.9. The van der Waals surface area contributed by atoms with Crippen LogP contribution in [0.1, 0.15) is 216 Å². The number of hydrogen-bond donors (Lipinski definition) is 1. The normalized spacial score (nSPS) is 11.9. The third kappa shape index (κ3) is 34.9. The van der Waals surface area contributed by atoms with E-state index in [1.54, 1.807) is 0 Å². The van der Waals surface area contributed by atoms with Crippen molar-refractivity contribution in [1.82, 2.24) is 0 Å². The van der Waals surface area contributed by atoms with E-state index in [1.165, 1.54) is 173 Å². The molecule has 0 fully saturated rings. The van der Waals surface area contributed by atoms with E-state index in [1.807, 2.05) is 0 Å². The molecule has 0 spiro atoms. The van der Waals surface area contributed by atoms with Crippen LogP contribution >= 0.6 is 0 Å². The first-order valence-electron chi connectivity index (χ1n) is 18.1. The van der Waals surface area contributed by atoms with Gasteiger partial charge in [0, 0.05) is 6.61 Å². The average Bonchev–Trinajstić information content (AvgIpc) is 2.93. The second-order valence-corrected chi connectivity index (χ2v) is 12.4. The Morgan fingerprint density at radius 3 is 1.00 bits per heavy atom. The third-order valence-corrected chi connectivity index (χ3v) is 8.41. The monoisotopic (exact) mass is 595 g/mol. The van der Waals surface area contributed by atoms with Gasteiger partial charge in [-0.05, 0) is 12.8 Å². The molecule has 0 saturated heterocycles. The summed E-state index contributed by atoms with van der Waals surface area (Å²) in [6.45, 7) is 5.17. The minimum atomic E-state index is -0.777. The van der Waals surface area contributed by atoms with E-state index in [4.69, 9.17) is 4.74 Å². The Labute approximate surface area is 285 Å². The van der Waals surface area contributed by atoms with Crippen molar-refractivity contribution >= 4 is 43.7 Å². The van der Waals surface area contributed by atoms with Crippen LogP contribution in [0.4, 0.5) is 0 Å². The van der Waals surface area contributed by atoms with Crippen molar-refractivity contribution in [1.29, 1.82) is 0 Å². The Balaban J connectivity index is -0.00000241. The number of ether oxygens (including phenoxy) is 1. The number of unbranched alkanes of at least 4 members (excludes halogenated alkanes) is 28.